The van der Waals surface area contributed by atoms with Crippen molar-refractivity contribution in [3.8, 4) is 11.3 Å². The first-order chi connectivity index (χ1) is 15.0. The van der Waals surface area contributed by atoms with Gasteiger partial charge in [0.25, 0.3) is 10.0 Å². The number of rotatable bonds is 3. The molecule has 0 unspecified atom stereocenters. The number of hydrogen-bond acceptors (Lipinski definition) is 4. The second-order valence-electron chi connectivity index (χ2n) is 8.31. The summed E-state index contributed by atoms with van der Waals surface area (Å²) in [6, 6.07) is 20.6. The molecule has 1 amide bonds. The van der Waals surface area contributed by atoms with Crippen molar-refractivity contribution in [2.75, 3.05) is 0 Å². The molecule has 1 fully saturated rings. The highest BCUT2D eigenvalue weighted by atomic mass is 32.2. The lowest BCUT2D eigenvalue weighted by Crippen LogP contribution is -2.51. The molecule has 31 heavy (non-hydrogen) atoms. The smallest absolute Gasteiger partial charge is 0.264 e. The second kappa shape index (κ2) is 6.28. The maximum Gasteiger partial charge on any atom is 0.264 e. The van der Waals surface area contributed by atoms with E-state index < -0.39 is 15.9 Å². The molecule has 6 nitrogen and oxygen atoms in total. The van der Waals surface area contributed by atoms with Crippen LogP contribution in [-0.4, -0.2) is 23.9 Å². The fourth-order valence-corrected chi connectivity index (χ4v) is 6.12. The van der Waals surface area contributed by atoms with Crippen LogP contribution in [-0.2, 0) is 20.4 Å². The number of imidazole rings is 1. The summed E-state index contributed by atoms with van der Waals surface area (Å²) in [4.78, 5) is 17.2. The van der Waals surface area contributed by atoms with Gasteiger partial charge in [-0.25, -0.2) is 18.1 Å². The van der Waals surface area contributed by atoms with Crippen molar-refractivity contribution < 1.29 is 13.2 Å². The predicted molar refractivity (Wildman–Crippen MR) is 117 cm³/mol. The van der Waals surface area contributed by atoms with Crippen molar-refractivity contribution in [2.45, 2.75) is 23.3 Å². The van der Waals surface area contributed by atoms with Crippen molar-refractivity contribution in [1.82, 2.24) is 14.3 Å². The van der Waals surface area contributed by atoms with E-state index in [1.54, 1.807) is 18.5 Å². The number of benzene rings is 3. The number of carbonyl (C=O) groups excluding carboxylic acids is 1. The van der Waals surface area contributed by atoms with Gasteiger partial charge in [-0.05, 0) is 41.3 Å². The molecule has 3 aromatic carbocycles. The number of amides is 1. The number of fused-ring (bicyclic) bond motifs is 6. The Morgan fingerprint density at radius 2 is 1.74 bits per heavy atom. The van der Waals surface area contributed by atoms with Crippen LogP contribution in [0.4, 0.5) is 0 Å². The monoisotopic (exact) mass is 429 g/mol. The molecule has 1 saturated carbocycles. The van der Waals surface area contributed by atoms with Crippen LogP contribution in [0.1, 0.15) is 18.4 Å². The summed E-state index contributed by atoms with van der Waals surface area (Å²) in [5, 5.41) is 1.76. The molecule has 1 aromatic heterocycles. The van der Waals surface area contributed by atoms with Gasteiger partial charge in [0.2, 0.25) is 5.91 Å². The number of aromatic nitrogens is 2. The summed E-state index contributed by atoms with van der Waals surface area (Å²) in [7, 11) is -3.94. The molecule has 6 rings (SSSR count). The van der Waals surface area contributed by atoms with Crippen LogP contribution >= 0.6 is 0 Å². The summed E-state index contributed by atoms with van der Waals surface area (Å²) in [6.07, 6.45) is 4.74. The summed E-state index contributed by atoms with van der Waals surface area (Å²) in [5.74, 6) is -0.832. The molecular formula is C24H19N3O3S. The van der Waals surface area contributed by atoms with Gasteiger partial charge >= 0.3 is 0 Å². The Bertz CT molecular complexity index is 1470. The molecule has 154 valence electrons. The molecule has 2 aliphatic rings. The van der Waals surface area contributed by atoms with Crippen molar-refractivity contribution in [1.29, 1.82) is 0 Å². The van der Waals surface area contributed by atoms with Crippen molar-refractivity contribution in [2.24, 2.45) is 5.92 Å². The zero-order chi connectivity index (χ0) is 21.2. The molecule has 1 aliphatic carbocycles. The lowest BCUT2D eigenvalue weighted by Gasteiger charge is -2.46. The van der Waals surface area contributed by atoms with Crippen molar-refractivity contribution in [3.05, 3.63) is 84.8 Å². The topological polar surface area (TPSA) is 81.1 Å². The summed E-state index contributed by atoms with van der Waals surface area (Å²) >= 11 is 0. The Kier molecular flexibility index (Phi) is 3.71. The molecule has 0 radical (unpaired) electrons. The number of nitrogens with zero attached hydrogens (tertiary/aromatic N) is 2. The highest BCUT2D eigenvalue weighted by molar-refractivity contribution is 7.90. The maximum atomic E-state index is 12.9. The molecule has 7 heteroatoms. The quantitative estimate of drug-likeness (QED) is 0.539. The van der Waals surface area contributed by atoms with Crippen LogP contribution < -0.4 is 4.72 Å². The number of carbonyl (C=O) groups is 1. The van der Waals surface area contributed by atoms with Gasteiger partial charge in [0.05, 0.1) is 28.7 Å². The average molecular weight is 430 g/mol. The highest BCUT2D eigenvalue weighted by Gasteiger charge is 2.54. The van der Waals surface area contributed by atoms with E-state index >= 15 is 0 Å². The van der Waals surface area contributed by atoms with Crippen LogP contribution in [0.3, 0.4) is 0 Å². The normalized spacial score (nSPS) is 21.5. The summed E-state index contributed by atoms with van der Waals surface area (Å²) < 4.78 is 30.1. The third kappa shape index (κ3) is 2.59. The highest BCUT2D eigenvalue weighted by Crippen LogP contribution is 2.56. The molecule has 1 spiro atoms. The number of nitrogens with one attached hydrogen (secondary N) is 1. The van der Waals surface area contributed by atoms with Gasteiger partial charge < -0.3 is 4.57 Å². The van der Waals surface area contributed by atoms with E-state index in [0.29, 0.717) is 12.8 Å². The van der Waals surface area contributed by atoms with Crippen molar-refractivity contribution >= 4 is 26.7 Å². The van der Waals surface area contributed by atoms with Crippen LogP contribution in [0, 0.1) is 5.92 Å². The SMILES string of the molecule is O=C(NS(=O)(=O)c1ccc2ccccc2c1)C1CC2(C1)c1ccccc1-c1cncn12. The zero-order valence-electron chi connectivity index (χ0n) is 16.5. The Morgan fingerprint density at radius 1 is 1.00 bits per heavy atom. The van der Waals surface area contributed by atoms with E-state index in [4.69, 9.17) is 0 Å². The van der Waals surface area contributed by atoms with Gasteiger partial charge in [0, 0.05) is 11.5 Å². The molecule has 0 bridgehead atoms. The van der Waals surface area contributed by atoms with E-state index in [2.05, 4.69) is 26.4 Å². The fraction of sp³-hybridized carbons (Fsp3) is 0.167. The lowest BCUT2D eigenvalue weighted by molar-refractivity contribution is -0.128. The first-order valence-corrected chi connectivity index (χ1v) is 11.6. The van der Waals surface area contributed by atoms with Crippen molar-refractivity contribution in [3.63, 3.8) is 0 Å². The molecule has 1 aliphatic heterocycles. The van der Waals surface area contributed by atoms with E-state index in [9.17, 15) is 13.2 Å². The number of sulfonamides is 1. The van der Waals surface area contributed by atoms with Gasteiger partial charge in [-0.3, -0.25) is 4.79 Å². The fourth-order valence-electron chi connectivity index (χ4n) is 5.04. The Hall–Kier alpha value is -3.45. The Morgan fingerprint density at radius 3 is 2.58 bits per heavy atom. The molecule has 0 atom stereocenters. The largest absolute Gasteiger partial charge is 0.320 e. The minimum absolute atomic E-state index is 0.0942. The minimum atomic E-state index is -3.94. The Balaban J connectivity index is 1.25. The van der Waals surface area contributed by atoms with Gasteiger partial charge in [-0.1, -0.05) is 54.6 Å². The molecule has 0 saturated heterocycles. The Labute approximate surface area is 179 Å². The average Bonchev–Trinajstić information content (AvgIpc) is 3.32. The first kappa shape index (κ1) is 18.3. The predicted octanol–water partition coefficient (Wildman–Crippen LogP) is 3.68. The minimum Gasteiger partial charge on any atom is -0.320 e. The second-order valence-corrected chi connectivity index (χ2v) is 9.99. The standard InChI is InChI=1S/C24H19N3O3S/c28-23(26-31(29,30)19-10-9-16-5-1-2-6-17(16)11-19)18-12-24(13-18)21-8-4-3-7-20(21)22-14-25-15-27(22)24/h1-11,14-15,18H,12-13H2,(H,26,28). The van der Waals surface area contributed by atoms with Gasteiger partial charge in [0.15, 0.2) is 0 Å². The first-order valence-electron chi connectivity index (χ1n) is 10.2. The molecule has 2 heterocycles. The lowest BCUT2D eigenvalue weighted by atomic mass is 9.64. The molecule has 4 aromatic rings. The van der Waals surface area contributed by atoms with Gasteiger partial charge in [-0.15, -0.1) is 0 Å². The van der Waals surface area contributed by atoms with Crippen LogP contribution in [0.15, 0.2) is 84.1 Å². The van der Waals surface area contributed by atoms with Crippen LogP contribution in [0.5, 0.6) is 0 Å². The maximum absolute atomic E-state index is 12.9. The van der Waals surface area contributed by atoms with E-state index in [1.165, 1.54) is 11.6 Å². The third-order valence-electron chi connectivity index (χ3n) is 6.61. The molecule has 1 N–H and O–H groups in total. The molecular weight excluding hydrogens is 410 g/mol. The summed E-state index contributed by atoms with van der Waals surface area (Å²) in [6.45, 7) is 0. The third-order valence-corrected chi connectivity index (χ3v) is 7.95. The van der Waals surface area contributed by atoms with Gasteiger partial charge in [-0.2, -0.15) is 0 Å². The number of hydrogen-bond donors (Lipinski definition) is 1. The van der Waals surface area contributed by atoms with Crippen LogP contribution in [0.2, 0.25) is 0 Å². The van der Waals surface area contributed by atoms with E-state index in [-0.39, 0.29) is 16.4 Å². The van der Waals surface area contributed by atoms with Crippen LogP contribution in [0.25, 0.3) is 22.0 Å². The zero-order valence-corrected chi connectivity index (χ0v) is 17.3. The summed E-state index contributed by atoms with van der Waals surface area (Å²) in [5.41, 5.74) is 3.02. The van der Waals surface area contributed by atoms with E-state index in [0.717, 1.165) is 22.0 Å². The van der Waals surface area contributed by atoms with E-state index in [1.807, 2.05) is 42.6 Å². The van der Waals surface area contributed by atoms with Gasteiger partial charge in [0.1, 0.15) is 0 Å².